The molecule has 16 heavy (non-hydrogen) atoms. The highest BCUT2D eigenvalue weighted by Crippen LogP contribution is 2.11. The molecule has 0 radical (unpaired) electrons. The number of likely N-dealkylation sites (N-methyl/N-ethyl adjacent to an activating group) is 1. The Morgan fingerprint density at radius 3 is 2.19 bits per heavy atom. The number of nitrogens with zero attached hydrogens (tertiary/aromatic N) is 1. The van der Waals surface area contributed by atoms with Crippen molar-refractivity contribution < 1.29 is 14.3 Å². The first-order valence-corrected chi connectivity index (χ1v) is 4.92. The topological polar surface area (TPSA) is 46.6 Å². The van der Waals surface area contributed by atoms with E-state index in [0.29, 0.717) is 0 Å². The van der Waals surface area contributed by atoms with Crippen molar-refractivity contribution in [3.8, 4) is 5.75 Å². The Bertz CT molecular complexity index is 382. The summed E-state index contributed by atoms with van der Waals surface area (Å²) in [6.07, 6.45) is 0.126. The third-order valence-electron chi connectivity index (χ3n) is 2.17. The zero-order valence-corrected chi connectivity index (χ0v) is 9.69. The van der Waals surface area contributed by atoms with Gasteiger partial charge in [0.25, 0.3) is 5.91 Å². The SMILES string of the molecule is COc1ccc(CC(=O)C(=O)N(C)C)cc1. The van der Waals surface area contributed by atoms with Crippen LogP contribution in [0.1, 0.15) is 5.56 Å². The van der Waals surface area contributed by atoms with Crippen LogP contribution in [0.4, 0.5) is 0 Å². The normalized spacial score (nSPS) is 9.69. The van der Waals surface area contributed by atoms with Crippen molar-refractivity contribution in [1.29, 1.82) is 0 Å². The highest BCUT2D eigenvalue weighted by Gasteiger charge is 2.15. The molecule has 0 bridgehead atoms. The Morgan fingerprint density at radius 2 is 1.75 bits per heavy atom. The molecule has 0 N–H and O–H groups in total. The van der Waals surface area contributed by atoms with Crippen LogP contribution in [0.25, 0.3) is 0 Å². The maximum atomic E-state index is 11.5. The molecule has 0 aliphatic heterocycles. The van der Waals surface area contributed by atoms with Crippen molar-refractivity contribution in [3.05, 3.63) is 29.8 Å². The van der Waals surface area contributed by atoms with Crippen LogP contribution in [0.2, 0.25) is 0 Å². The van der Waals surface area contributed by atoms with Crippen LogP contribution in [0.15, 0.2) is 24.3 Å². The summed E-state index contributed by atoms with van der Waals surface area (Å²) >= 11 is 0. The second-order valence-corrected chi connectivity index (χ2v) is 3.65. The van der Waals surface area contributed by atoms with Gasteiger partial charge < -0.3 is 9.64 Å². The standard InChI is InChI=1S/C12H15NO3/c1-13(2)12(15)11(14)8-9-4-6-10(16-3)7-5-9/h4-7H,8H2,1-3H3. The number of ether oxygens (including phenoxy) is 1. The maximum Gasteiger partial charge on any atom is 0.289 e. The minimum Gasteiger partial charge on any atom is -0.497 e. The first-order chi connectivity index (χ1) is 7.54. The fourth-order valence-corrected chi connectivity index (χ4v) is 1.25. The molecule has 0 aromatic heterocycles. The number of amides is 1. The average molecular weight is 221 g/mol. The van der Waals surface area contributed by atoms with Gasteiger partial charge in [-0.2, -0.15) is 0 Å². The number of hydrogen-bond acceptors (Lipinski definition) is 3. The summed E-state index contributed by atoms with van der Waals surface area (Å²) < 4.78 is 5.00. The molecule has 1 aromatic carbocycles. The van der Waals surface area contributed by atoms with E-state index in [-0.39, 0.29) is 6.42 Å². The van der Waals surface area contributed by atoms with Crippen LogP contribution < -0.4 is 4.74 Å². The third kappa shape index (κ3) is 3.08. The van der Waals surface area contributed by atoms with Gasteiger partial charge in [-0.05, 0) is 17.7 Å². The van der Waals surface area contributed by atoms with E-state index in [9.17, 15) is 9.59 Å². The Kier molecular flexibility index (Phi) is 4.05. The van der Waals surface area contributed by atoms with E-state index >= 15 is 0 Å². The van der Waals surface area contributed by atoms with Crippen molar-refractivity contribution >= 4 is 11.7 Å². The lowest BCUT2D eigenvalue weighted by molar-refractivity contribution is -0.142. The lowest BCUT2D eigenvalue weighted by atomic mass is 10.1. The van der Waals surface area contributed by atoms with Crippen LogP contribution in [-0.2, 0) is 16.0 Å². The van der Waals surface area contributed by atoms with Gasteiger partial charge in [0, 0.05) is 20.5 Å². The number of benzene rings is 1. The van der Waals surface area contributed by atoms with Gasteiger partial charge in [-0.25, -0.2) is 0 Å². The molecule has 0 spiro atoms. The third-order valence-corrected chi connectivity index (χ3v) is 2.17. The van der Waals surface area contributed by atoms with Crippen molar-refractivity contribution in [2.24, 2.45) is 0 Å². The molecule has 1 aromatic rings. The minimum absolute atomic E-state index is 0.126. The Balaban J connectivity index is 2.66. The van der Waals surface area contributed by atoms with E-state index in [1.165, 1.54) is 4.90 Å². The van der Waals surface area contributed by atoms with Crippen molar-refractivity contribution in [3.63, 3.8) is 0 Å². The summed E-state index contributed by atoms with van der Waals surface area (Å²) in [6.45, 7) is 0. The Labute approximate surface area is 94.8 Å². The van der Waals surface area contributed by atoms with E-state index in [4.69, 9.17) is 4.74 Å². The summed E-state index contributed by atoms with van der Waals surface area (Å²) in [7, 11) is 4.71. The molecule has 0 unspecified atom stereocenters. The lowest BCUT2D eigenvalue weighted by Crippen LogP contribution is -2.30. The number of methoxy groups -OCH3 is 1. The van der Waals surface area contributed by atoms with Crippen LogP contribution in [0.3, 0.4) is 0 Å². The molecule has 0 heterocycles. The molecule has 0 aliphatic carbocycles. The summed E-state index contributed by atoms with van der Waals surface area (Å²) in [5.41, 5.74) is 0.806. The van der Waals surface area contributed by atoms with E-state index in [2.05, 4.69) is 0 Å². The molecule has 0 saturated carbocycles. The molecule has 1 rings (SSSR count). The summed E-state index contributed by atoms with van der Waals surface area (Å²) in [4.78, 5) is 24.1. The fraction of sp³-hybridized carbons (Fsp3) is 0.333. The zero-order valence-electron chi connectivity index (χ0n) is 9.69. The molecule has 86 valence electrons. The quantitative estimate of drug-likeness (QED) is 0.709. The van der Waals surface area contributed by atoms with Gasteiger partial charge in [0.2, 0.25) is 5.78 Å². The Hall–Kier alpha value is -1.84. The number of carbonyl (C=O) groups excluding carboxylic acids is 2. The van der Waals surface area contributed by atoms with Crippen LogP contribution >= 0.6 is 0 Å². The number of carbonyl (C=O) groups is 2. The van der Waals surface area contributed by atoms with E-state index in [1.54, 1.807) is 45.5 Å². The smallest absolute Gasteiger partial charge is 0.289 e. The van der Waals surface area contributed by atoms with Gasteiger partial charge in [-0.3, -0.25) is 9.59 Å². The molecule has 1 amide bonds. The predicted molar refractivity (Wildman–Crippen MR) is 60.4 cm³/mol. The van der Waals surface area contributed by atoms with E-state index < -0.39 is 11.7 Å². The minimum atomic E-state index is -0.476. The van der Waals surface area contributed by atoms with Gasteiger partial charge in [-0.1, -0.05) is 12.1 Å². The van der Waals surface area contributed by atoms with Crippen LogP contribution in [0.5, 0.6) is 5.75 Å². The molecular formula is C12H15NO3. The highest BCUT2D eigenvalue weighted by molar-refractivity contribution is 6.36. The summed E-state index contributed by atoms with van der Waals surface area (Å²) in [6, 6.07) is 7.09. The number of ketones is 1. The van der Waals surface area contributed by atoms with Crippen molar-refractivity contribution in [2.75, 3.05) is 21.2 Å². The molecule has 4 nitrogen and oxygen atoms in total. The van der Waals surface area contributed by atoms with E-state index in [0.717, 1.165) is 11.3 Å². The molecular weight excluding hydrogens is 206 g/mol. The summed E-state index contributed by atoms with van der Waals surface area (Å²) in [5.74, 6) is -0.152. The Morgan fingerprint density at radius 1 is 1.19 bits per heavy atom. The van der Waals surface area contributed by atoms with Crippen LogP contribution in [-0.4, -0.2) is 37.8 Å². The summed E-state index contributed by atoms with van der Waals surface area (Å²) in [5, 5.41) is 0. The monoisotopic (exact) mass is 221 g/mol. The number of rotatable bonds is 4. The van der Waals surface area contributed by atoms with Gasteiger partial charge in [0.05, 0.1) is 7.11 Å². The maximum absolute atomic E-state index is 11.5. The average Bonchev–Trinajstić information content (AvgIpc) is 2.28. The largest absolute Gasteiger partial charge is 0.497 e. The van der Waals surface area contributed by atoms with Crippen molar-refractivity contribution in [1.82, 2.24) is 4.90 Å². The van der Waals surface area contributed by atoms with Crippen molar-refractivity contribution in [2.45, 2.75) is 6.42 Å². The molecule has 0 saturated heterocycles. The second-order valence-electron chi connectivity index (χ2n) is 3.65. The van der Waals surface area contributed by atoms with Crippen LogP contribution in [0, 0.1) is 0 Å². The lowest BCUT2D eigenvalue weighted by Gasteiger charge is -2.08. The highest BCUT2D eigenvalue weighted by atomic mass is 16.5. The van der Waals surface area contributed by atoms with Gasteiger partial charge >= 0.3 is 0 Å². The second kappa shape index (κ2) is 5.30. The van der Waals surface area contributed by atoms with Gasteiger partial charge in [0.15, 0.2) is 0 Å². The molecule has 4 heteroatoms. The zero-order chi connectivity index (χ0) is 12.1. The first kappa shape index (κ1) is 12.2. The molecule has 0 aliphatic rings. The fourth-order valence-electron chi connectivity index (χ4n) is 1.25. The first-order valence-electron chi connectivity index (χ1n) is 4.92. The predicted octanol–water partition coefficient (Wildman–Crippen LogP) is 0.895. The number of Topliss-reactive ketones (excluding diaryl/α,β-unsaturated/α-hetero) is 1. The number of hydrogen-bond donors (Lipinski definition) is 0. The molecule has 0 fully saturated rings. The van der Waals surface area contributed by atoms with Gasteiger partial charge in [0.1, 0.15) is 5.75 Å². The van der Waals surface area contributed by atoms with E-state index in [1.807, 2.05) is 0 Å². The molecule has 0 atom stereocenters. The van der Waals surface area contributed by atoms with Gasteiger partial charge in [-0.15, -0.1) is 0 Å².